The Kier molecular flexibility index (Phi) is 6.66. The summed E-state index contributed by atoms with van der Waals surface area (Å²) < 4.78 is 26.9. The number of hydrogen-bond acceptors (Lipinski definition) is 4. The summed E-state index contributed by atoms with van der Waals surface area (Å²) in [6, 6.07) is 11.8. The molecule has 0 saturated carbocycles. The van der Waals surface area contributed by atoms with E-state index in [1.807, 2.05) is 12.1 Å². The van der Waals surface area contributed by atoms with Gasteiger partial charge in [0.25, 0.3) is 0 Å². The number of rotatable bonds is 7. The number of ether oxygens (including phenoxy) is 2. The Balaban J connectivity index is 1.75. The molecule has 3 rings (SSSR count). The van der Waals surface area contributed by atoms with Gasteiger partial charge in [0.1, 0.15) is 11.6 Å². The molecule has 0 unspecified atom stereocenters. The van der Waals surface area contributed by atoms with Gasteiger partial charge in [0.15, 0.2) is 11.5 Å². The van der Waals surface area contributed by atoms with E-state index in [9.17, 15) is 9.18 Å². The van der Waals surface area contributed by atoms with Crippen molar-refractivity contribution < 1.29 is 18.7 Å². The second-order valence-electron chi connectivity index (χ2n) is 6.02. The fraction of sp³-hybridized carbons (Fsp3) is 0.143. The van der Waals surface area contributed by atoms with Crippen LogP contribution in [-0.4, -0.2) is 29.9 Å². The number of aromatic nitrogens is 2. The topological polar surface area (TPSA) is 65.4 Å². The van der Waals surface area contributed by atoms with Crippen LogP contribution in [0, 0.1) is 5.82 Å². The highest BCUT2D eigenvalue weighted by molar-refractivity contribution is 9.10. The number of amides is 1. The molecule has 1 amide bonds. The van der Waals surface area contributed by atoms with Crippen molar-refractivity contribution in [2.24, 2.45) is 0 Å². The van der Waals surface area contributed by atoms with Crippen molar-refractivity contribution in [1.82, 2.24) is 9.78 Å². The zero-order valence-corrected chi connectivity index (χ0v) is 17.4. The average molecular weight is 460 g/mol. The normalized spacial score (nSPS) is 10.9. The van der Waals surface area contributed by atoms with E-state index in [4.69, 9.17) is 9.47 Å². The van der Waals surface area contributed by atoms with E-state index >= 15 is 0 Å². The minimum Gasteiger partial charge on any atom is -0.493 e. The molecule has 2 aromatic carbocycles. The van der Waals surface area contributed by atoms with Crippen molar-refractivity contribution in [2.75, 3.05) is 19.5 Å². The highest BCUT2D eigenvalue weighted by Crippen LogP contribution is 2.31. The van der Waals surface area contributed by atoms with E-state index < -0.39 is 11.7 Å². The molecule has 6 nitrogen and oxygen atoms in total. The Morgan fingerprint density at radius 3 is 2.83 bits per heavy atom. The predicted octanol–water partition coefficient (Wildman–Crippen LogP) is 4.50. The van der Waals surface area contributed by atoms with Crippen LogP contribution in [-0.2, 0) is 11.3 Å². The zero-order valence-electron chi connectivity index (χ0n) is 15.9. The molecule has 0 aliphatic rings. The highest BCUT2D eigenvalue weighted by atomic mass is 79.9. The Hall–Kier alpha value is -3.13. The van der Waals surface area contributed by atoms with E-state index in [1.54, 1.807) is 49.4 Å². The first-order valence-electron chi connectivity index (χ1n) is 8.67. The third-order valence-corrected chi connectivity index (χ3v) is 4.64. The molecule has 0 atom stereocenters. The molecule has 0 spiro atoms. The number of benzene rings is 2. The summed E-state index contributed by atoms with van der Waals surface area (Å²) in [6.07, 6.45) is 4.27. The van der Waals surface area contributed by atoms with Crippen molar-refractivity contribution in [3.8, 4) is 11.5 Å². The van der Waals surface area contributed by atoms with Gasteiger partial charge >= 0.3 is 0 Å². The van der Waals surface area contributed by atoms with E-state index in [0.717, 1.165) is 10.0 Å². The maximum atomic E-state index is 13.8. The van der Waals surface area contributed by atoms with Gasteiger partial charge in [0.05, 0.1) is 27.0 Å². The molecular formula is C21H19BrFN3O3. The SMILES string of the molecule is COc1cccc(Cn2nccc2NC(=O)/C=C/c2cc(Br)ccc2F)c1OC. The highest BCUT2D eigenvalue weighted by Gasteiger charge is 2.13. The van der Waals surface area contributed by atoms with E-state index in [-0.39, 0.29) is 0 Å². The fourth-order valence-corrected chi connectivity index (χ4v) is 3.16. The van der Waals surface area contributed by atoms with Crippen LogP contribution in [0.4, 0.5) is 10.2 Å². The molecule has 1 N–H and O–H groups in total. The number of hydrogen-bond donors (Lipinski definition) is 1. The molecule has 0 bridgehead atoms. The number of nitrogens with one attached hydrogen (secondary N) is 1. The Morgan fingerprint density at radius 2 is 2.07 bits per heavy atom. The van der Waals surface area contributed by atoms with Gasteiger partial charge in [-0.05, 0) is 30.3 Å². The standard InChI is InChI=1S/C21H19BrFN3O3/c1-28-18-5-3-4-15(21(18)29-2)13-26-19(10-11-24-26)25-20(27)9-6-14-12-16(22)7-8-17(14)23/h3-12H,13H2,1-2H3,(H,25,27)/b9-6+. The minimum absolute atomic E-state index is 0.309. The van der Waals surface area contributed by atoms with E-state index in [1.165, 1.54) is 18.2 Å². The Labute approximate surface area is 176 Å². The molecule has 29 heavy (non-hydrogen) atoms. The van der Waals surface area contributed by atoms with Gasteiger partial charge in [-0.15, -0.1) is 0 Å². The van der Waals surface area contributed by atoms with Gasteiger partial charge in [0.2, 0.25) is 5.91 Å². The molecule has 0 aliphatic heterocycles. The fourth-order valence-electron chi connectivity index (χ4n) is 2.78. The van der Waals surface area contributed by atoms with Crippen LogP contribution in [0.15, 0.2) is 59.2 Å². The lowest BCUT2D eigenvalue weighted by Crippen LogP contribution is -2.14. The summed E-state index contributed by atoms with van der Waals surface area (Å²) in [5.41, 5.74) is 1.15. The Bertz CT molecular complexity index is 1050. The van der Waals surface area contributed by atoms with Gasteiger partial charge in [-0.3, -0.25) is 4.79 Å². The van der Waals surface area contributed by atoms with Crippen molar-refractivity contribution in [2.45, 2.75) is 6.54 Å². The number of halogens is 2. The number of carbonyl (C=O) groups excluding carboxylic acids is 1. The molecule has 0 aliphatic carbocycles. The maximum absolute atomic E-state index is 13.8. The van der Waals surface area contributed by atoms with Crippen molar-refractivity contribution in [3.05, 3.63) is 76.2 Å². The third-order valence-electron chi connectivity index (χ3n) is 4.14. The lowest BCUT2D eigenvalue weighted by atomic mass is 10.2. The molecule has 0 saturated heterocycles. The van der Waals surface area contributed by atoms with E-state index in [2.05, 4.69) is 26.3 Å². The molecule has 0 fully saturated rings. The molecule has 3 aromatic rings. The summed E-state index contributed by atoms with van der Waals surface area (Å²) in [6.45, 7) is 0.368. The summed E-state index contributed by atoms with van der Waals surface area (Å²) in [5.74, 6) is 0.907. The quantitative estimate of drug-likeness (QED) is 0.528. The van der Waals surface area contributed by atoms with Crippen LogP contribution in [0.3, 0.4) is 0 Å². The maximum Gasteiger partial charge on any atom is 0.249 e. The number of carbonyl (C=O) groups is 1. The lowest BCUT2D eigenvalue weighted by Gasteiger charge is -2.14. The van der Waals surface area contributed by atoms with Gasteiger partial charge in [-0.2, -0.15) is 5.10 Å². The Morgan fingerprint density at radius 1 is 1.24 bits per heavy atom. The number of anilines is 1. The summed E-state index contributed by atoms with van der Waals surface area (Å²) in [7, 11) is 3.14. The first kappa shape index (κ1) is 20.6. The number of nitrogens with zero attached hydrogens (tertiary/aromatic N) is 2. The van der Waals surface area contributed by atoms with Crippen molar-refractivity contribution >= 4 is 33.7 Å². The summed E-state index contributed by atoms with van der Waals surface area (Å²) in [5, 5.41) is 7.00. The lowest BCUT2D eigenvalue weighted by molar-refractivity contribution is -0.111. The molecule has 1 heterocycles. The first-order chi connectivity index (χ1) is 14.0. The van der Waals surface area contributed by atoms with Crippen LogP contribution >= 0.6 is 15.9 Å². The first-order valence-corrected chi connectivity index (χ1v) is 9.47. The summed E-state index contributed by atoms with van der Waals surface area (Å²) >= 11 is 3.28. The van der Waals surface area contributed by atoms with Crippen molar-refractivity contribution in [1.29, 1.82) is 0 Å². The zero-order chi connectivity index (χ0) is 20.8. The average Bonchev–Trinajstić information content (AvgIpc) is 3.14. The number of para-hydroxylation sites is 1. The molecular weight excluding hydrogens is 441 g/mol. The van der Waals surface area contributed by atoms with Crippen LogP contribution in [0.1, 0.15) is 11.1 Å². The van der Waals surface area contributed by atoms with Gasteiger partial charge in [0, 0.05) is 27.7 Å². The minimum atomic E-state index is -0.410. The van der Waals surface area contributed by atoms with Crippen LogP contribution < -0.4 is 14.8 Å². The van der Waals surface area contributed by atoms with Crippen molar-refractivity contribution in [3.63, 3.8) is 0 Å². The van der Waals surface area contributed by atoms with Crippen LogP contribution in [0.2, 0.25) is 0 Å². The number of methoxy groups -OCH3 is 2. The third kappa shape index (κ3) is 5.03. The smallest absolute Gasteiger partial charge is 0.249 e. The predicted molar refractivity (Wildman–Crippen MR) is 113 cm³/mol. The second-order valence-corrected chi connectivity index (χ2v) is 6.93. The second kappa shape index (κ2) is 9.38. The van der Waals surface area contributed by atoms with Crippen LogP contribution in [0.25, 0.3) is 6.08 Å². The van der Waals surface area contributed by atoms with Crippen LogP contribution in [0.5, 0.6) is 11.5 Å². The van der Waals surface area contributed by atoms with Gasteiger partial charge < -0.3 is 14.8 Å². The monoisotopic (exact) mass is 459 g/mol. The molecule has 0 radical (unpaired) electrons. The van der Waals surface area contributed by atoms with Gasteiger partial charge in [-0.1, -0.05) is 28.1 Å². The summed E-state index contributed by atoms with van der Waals surface area (Å²) in [4.78, 5) is 12.3. The van der Waals surface area contributed by atoms with Gasteiger partial charge in [-0.25, -0.2) is 9.07 Å². The molecule has 1 aromatic heterocycles. The molecule has 150 valence electrons. The molecule has 8 heteroatoms. The van der Waals surface area contributed by atoms with E-state index in [0.29, 0.717) is 29.4 Å². The largest absolute Gasteiger partial charge is 0.493 e.